The second kappa shape index (κ2) is 10.6. The molecule has 35 heavy (non-hydrogen) atoms. The van der Waals surface area contributed by atoms with Crippen LogP contribution in [0.4, 0.5) is 17.6 Å². The highest BCUT2D eigenvalue weighted by molar-refractivity contribution is 5.56. The SMILES string of the molecule is COCCOCc1cc(Nc2cc(C)[nH]n2)nc(N2CCCC2c2cc(-c3ccccn3)no2)n1. The predicted octanol–water partition coefficient (Wildman–Crippen LogP) is 3.81. The summed E-state index contributed by atoms with van der Waals surface area (Å²) < 4.78 is 16.6. The molecule has 1 fully saturated rings. The van der Waals surface area contributed by atoms with E-state index in [0.29, 0.717) is 43.1 Å². The summed E-state index contributed by atoms with van der Waals surface area (Å²) in [5.74, 6) is 2.70. The first kappa shape index (κ1) is 22.9. The maximum Gasteiger partial charge on any atom is 0.228 e. The Bertz CT molecular complexity index is 1240. The number of hydrogen-bond donors (Lipinski definition) is 2. The molecular weight excluding hydrogens is 448 g/mol. The van der Waals surface area contributed by atoms with Crippen LogP contribution in [0.3, 0.4) is 0 Å². The molecule has 0 spiro atoms. The van der Waals surface area contributed by atoms with Gasteiger partial charge in [-0.3, -0.25) is 10.1 Å². The van der Waals surface area contributed by atoms with Crippen molar-refractivity contribution in [1.82, 2.24) is 30.3 Å². The van der Waals surface area contributed by atoms with Crippen LogP contribution in [0.25, 0.3) is 11.4 Å². The number of nitrogens with zero attached hydrogens (tertiary/aromatic N) is 6. The standard InChI is InChI=1S/C24H28N8O3/c1-16-12-23(30-29-16)27-22-13-17(15-34-11-10-33-2)26-24(28-22)32-9-5-7-20(32)21-14-19(31-35-21)18-6-3-4-8-25-18/h3-4,6,8,12-14,20H,5,7,9-11,15H2,1-2H3,(H2,26,27,28,29,30). The third-order valence-electron chi connectivity index (χ3n) is 5.71. The zero-order valence-corrected chi connectivity index (χ0v) is 19.8. The van der Waals surface area contributed by atoms with Crippen LogP contribution in [-0.4, -0.2) is 57.2 Å². The minimum atomic E-state index is -0.0231. The Kier molecular flexibility index (Phi) is 6.96. The normalized spacial score (nSPS) is 15.6. The second-order valence-electron chi connectivity index (χ2n) is 8.33. The van der Waals surface area contributed by atoms with E-state index in [2.05, 4.69) is 30.6 Å². The van der Waals surface area contributed by atoms with Gasteiger partial charge in [-0.25, -0.2) is 4.98 Å². The van der Waals surface area contributed by atoms with Crippen molar-refractivity contribution in [3.63, 3.8) is 0 Å². The van der Waals surface area contributed by atoms with Gasteiger partial charge in [-0.15, -0.1) is 0 Å². The molecule has 1 atom stereocenters. The summed E-state index contributed by atoms with van der Waals surface area (Å²) in [5.41, 5.74) is 3.21. The highest BCUT2D eigenvalue weighted by Crippen LogP contribution is 2.36. The van der Waals surface area contributed by atoms with Crippen molar-refractivity contribution in [2.24, 2.45) is 0 Å². The van der Waals surface area contributed by atoms with Crippen LogP contribution >= 0.6 is 0 Å². The van der Waals surface area contributed by atoms with Crippen molar-refractivity contribution in [2.75, 3.05) is 37.1 Å². The highest BCUT2D eigenvalue weighted by atomic mass is 16.5. The first-order valence-electron chi connectivity index (χ1n) is 11.6. The van der Waals surface area contributed by atoms with Crippen molar-refractivity contribution < 1.29 is 14.0 Å². The van der Waals surface area contributed by atoms with Crippen molar-refractivity contribution >= 4 is 17.6 Å². The largest absolute Gasteiger partial charge is 0.382 e. The average Bonchev–Trinajstić information content (AvgIpc) is 3.63. The zero-order valence-electron chi connectivity index (χ0n) is 19.8. The van der Waals surface area contributed by atoms with Crippen LogP contribution in [-0.2, 0) is 16.1 Å². The van der Waals surface area contributed by atoms with Crippen molar-refractivity contribution in [3.8, 4) is 11.4 Å². The molecule has 2 N–H and O–H groups in total. The van der Waals surface area contributed by atoms with Crippen molar-refractivity contribution in [1.29, 1.82) is 0 Å². The van der Waals surface area contributed by atoms with Crippen LogP contribution in [0.1, 0.15) is 36.0 Å². The van der Waals surface area contributed by atoms with E-state index in [9.17, 15) is 0 Å². The van der Waals surface area contributed by atoms with E-state index < -0.39 is 0 Å². The van der Waals surface area contributed by atoms with Crippen LogP contribution in [0.15, 0.2) is 47.1 Å². The number of pyridine rings is 1. The maximum atomic E-state index is 5.75. The van der Waals surface area contributed by atoms with Gasteiger partial charge in [0.1, 0.15) is 11.5 Å². The monoisotopic (exact) mass is 476 g/mol. The summed E-state index contributed by atoms with van der Waals surface area (Å²) in [4.78, 5) is 16.1. The Balaban J connectivity index is 1.41. The Morgan fingerprint density at radius 1 is 1.14 bits per heavy atom. The minimum absolute atomic E-state index is 0.0231. The Labute approximate surface area is 202 Å². The lowest BCUT2D eigenvalue weighted by Crippen LogP contribution is -2.25. The molecule has 5 rings (SSSR count). The van der Waals surface area contributed by atoms with Crippen LogP contribution in [0.5, 0.6) is 0 Å². The fourth-order valence-electron chi connectivity index (χ4n) is 4.07. The Morgan fingerprint density at radius 3 is 2.89 bits per heavy atom. The molecule has 0 radical (unpaired) electrons. The minimum Gasteiger partial charge on any atom is -0.382 e. The molecule has 11 heteroatoms. The number of rotatable bonds is 10. The summed E-state index contributed by atoms with van der Waals surface area (Å²) in [6.07, 6.45) is 3.65. The van der Waals surface area contributed by atoms with Crippen LogP contribution < -0.4 is 10.2 Å². The summed E-state index contributed by atoms with van der Waals surface area (Å²) in [6, 6.07) is 11.4. The zero-order chi connectivity index (χ0) is 24.0. The van der Waals surface area contributed by atoms with E-state index in [1.165, 1.54) is 0 Å². The number of methoxy groups -OCH3 is 1. The van der Waals surface area contributed by atoms with Gasteiger partial charge in [0.25, 0.3) is 0 Å². The number of ether oxygens (including phenoxy) is 2. The van der Waals surface area contributed by atoms with Gasteiger partial charge in [0, 0.05) is 43.7 Å². The number of aryl methyl sites for hydroxylation is 1. The topological polar surface area (TPSA) is 127 Å². The first-order chi connectivity index (χ1) is 17.2. The molecule has 11 nitrogen and oxygen atoms in total. The van der Waals surface area contributed by atoms with Gasteiger partial charge in [-0.05, 0) is 31.9 Å². The number of H-pyrrole nitrogens is 1. The smallest absolute Gasteiger partial charge is 0.228 e. The van der Waals surface area contributed by atoms with E-state index in [0.717, 1.165) is 42.2 Å². The lowest BCUT2D eigenvalue weighted by atomic mass is 10.1. The van der Waals surface area contributed by atoms with Crippen molar-refractivity contribution in [3.05, 3.63) is 59.7 Å². The van der Waals surface area contributed by atoms with Gasteiger partial charge in [0.15, 0.2) is 11.6 Å². The summed E-state index contributed by atoms with van der Waals surface area (Å²) in [6.45, 7) is 4.10. The van der Waals surface area contributed by atoms with Gasteiger partial charge in [-0.1, -0.05) is 11.2 Å². The molecule has 4 aromatic heterocycles. The van der Waals surface area contributed by atoms with Crippen LogP contribution in [0.2, 0.25) is 0 Å². The molecule has 1 aliphatic heterocycles. The number of hydrogen-bond acceptors (Lipinski definition) is 10. The highest BCUT2D eigenvalue weighted by Gasteiger charge is 2.32. The lowest BCUT2D eigenvalue weighted by Gasteiger charge is -2.23. The maximum absolute atomic E-state index is 5.75. The Morgan fingerprint density at radius 2 is 2.09 bits per heavy atom. The average molecular weight is 477 g/mol. The van der Waals surface area contributed by atoms with E-state index in [-0.39, 0.29) is 6.04 Å². The van der Waals surface area contributed by atoms with Gasteiger partial charge in [0.05, 0.1) is 37.3 Å². The molecule has 0 amide bonds. The molecule has 1 unspecified atom stereocenters. The first-order valence-corrected chi connectivity index (χ1v) is 11.6. The van der Waals surface area contributed by atoms with E-state index in [1.54, 1.807) is 13.3 Å². The number of aromatic amines is 1. The molecule has 4 aromatic rings. The predicted molar refractivity (Wildman–Crippen MR) is 129 cm³/mol. The third-order valence-corrected chi connectivity index (χ3v) is 5.71. The molecule has 1 saturated heterocycles. The van der Waals surface area contributed by atoms with Crippen LogP contribution in [0, 0.1) is 6.92 Å². The summed E-state index contributed by atoms with van der Waals surface area (Å²) in [5, 5.41) is 14.7. The summed E-state index contributed by atoms with van der Waals surface area (Å²) >= 11 is 0. The van der Waals surface area contributed by atoms with E-state index >= 15 is 0 Å². The second-order valence-corrected chi connectivity index (χ2v) is 8.33. The van der Waals surface area contributed by atoms with Gasteiger partial charge < -0.3 is 24.2 Å². The molecule has 0 aliphatic carbocycles. The fourth-order valence-corrected chi connectivity index (χ4v) is 4.07. The fraction of sp³-hybridized carbons (Fsp3) is 0.375. The molecule has 0 aromatic carbocycles. The van der Waals surface area contributed by atoms with E-state index in [4.69, 9.17) is 24.0 Å². The number of nitrogens with one attached hydrogen (secondary N) is 2. The molecule has 0 saturated carbocycles. The van der Waals surface area contributed by atoms with Crippen molar-refractivity contribution in [2.45, 2.75) is 32.4 Å². The molecule has 0 bridgehead atoms. The number of anilines is 3. The van der Waals surface area contributed by atoms with Gasteiger partial charge in [-0.2, -0.15) is 10.1 Å². The molecular formula is C24H28N8O3. The Hall–Kier alpha value is -3.83. The van der Waals surface area contributed by atoms with E-state index in [1.807, 2.05) is 43.3 Å². The number of aromatic nitrogens is 6. The molecule has 1 aliphatic rings. The molecule has 5 heterocycles. The summed E-state index contributed by atoms with van der Waals surface area (Å²) in [7, 11) is 1.65. The molecule has 182 valence electrons. The third kappa shape index (κ3) is 5.47. The quantitative estimate of drug-likeness (QED) is 0.326. The lowest BCUT2D eigenvalue weighted by molar-refractivity contribution is 0.0602. The van der Waals surface area contributed by atoms with Gasteiger partial charge in [0.2, 0.25) is 5.95 Å². The van der Waals surface area contributed by atoms with Gasteiger partial charge >= 0.3 is 0 Å².